The van der Waals surface area contributed by atoms with Crippen molar-refractivity contribution in [1.82, 2.24) is 10.6 Å². The van der Waals surface area contributed by atoms with Crippen LogP contribution in [0.25, 0.3) is 0 Å². The summed E-state index contributed by atoms with van der Waals surface area (Å²) in [6.07, 6.45) is 30.2. The Hall–Kier alpha value is -1.59. The maximum absolute atomic E-state index is 12.2. The maximum Gasteiger partial charge on any atom is 0.326 e. The van der Waals surface area contributed by atoms with Crippen molar-refractivity contribution in [3.05, 3.63) is 0 Å². The van der Waals surface area contributed by atoms with Gasteiger partial charge in [0.05, 0.1) is 0 Å². The molecule has 0 radical (unpaired) electrons. The molecule has 0 aromatic rings. The van der Waals surface area contributed by atoms with Crippen LogP contribution in [0.2, 0.25) is 0 Å². The summed E-state index contributed by atoms with van der Waals surface area (Å²) >= 11 is 0. The minimum absolute atomic E-state index is 0.0889. The fourth-order valence-electron chi connectivity index (χ4n) is 5.21. The largest absolute Gasteiger partial charge is 0.480 e. The lowest BCUT2D eigenvalue weighted by Gasteiger charge is -2.14. The van der Waals surface area contributed by atoms with E-state index in [0.29, 0.717) is 32.2 Å². The molecule has 1 atom stereocenters. The van der Waals surface area contributed by atoms with Gasteiger partial charge in [-0.1, -0.05) is 142 Å². The third kappa shape index (κ3) is 28.0. The van der Waals surface area contributed by atoms with E-state index in [9.17, 15) is 19.5 Å². The van der Waals surface area contributed by atoms with Crippen LogP contribution >= 0.6 is 0 Å². The molecule has 0 fully saturated rings. The van der Waals surface area contributed by atoms with Crippen LogP contribution in [0.5, 0.6) is 0 Å². The van der Waals surface area contributed by atoms with Gasteiger partial charge in [0.2, 0.25) is 11.8 Å². The van der Waals surface area contributed by atoms with E-state index >= 15 is 0 Å². The summed E-state index contributed by atoms with van der Waals surface area (Å²) < 4.78 is 0. The average molecular weight is 567 g/mol. The van der Waals surface area contributed by atoms with Crippen LogP contribution in [-0.2, 0) is 14.4 Å². The maximum atomic E-state index is 12.2. The second-order valence-electron chi connectivity index (χ2n) is 11.9. The van der Waals surface area contributed by atoms with Crippen LogP contribution in [0, 0.1) is 0 Å². The molecule has 0 heterocycles. The third-order valence-electron chi connectivity index (χ3n) is 7.89. The molecule has 6 heteroatoms. The minimum atomic E-state index is -0.979. The van der Waals surface area contributed by atoms with E-state index in [1.807, 2.05) is 0 Å². The zero-order valence-electron chi connectivity index (χ0n) is 26.5. The van der Waals surface area contributed by atoms with Gasteiger partial charge in [-0.05, 0) is 32.1 Å². The lowest BCUT2D eigenvalue weighted by atomic mass is 10.0. The van der Waals surface area contributed by atoms with Crippen LogP contribution in [0.15, 0.2) is 0 Å². The molecule has 0 aliphatic rings. The zero-order valence-corrected chi connectivity index (χ0v) is 26.5. The van der Waals surface area contributed by atoms with Gasteiger partial charge in [0.1, 0.15) is 6.04 Å². The first-order valence-electron chi connectivity index (χ1n) is 17.3. The van der Waals surface area contributed by atoms with E-state index < -0.39 is 12.0 Å². The van der Waals surface area contributed by atoms with Crippen molar-refractivity contribution in [2.75, 3.05) is 6.54 Å². The molecule has 6 nitrogen and oxygen atoms in total. The number of hydrogen-bond acceptors (Lipinski definition) is 3. The number of carboxylic acids is 1. The van der Waals surface area contributed by atoms with E-state index in [4.69, 9.17) is 0 Å². The Morgan fingerprint density at radius 3 is 1.27 bits per heavy atom. The van der Waals surface area contributed by atoms with Gasteiger partial charge < -0.3 is 15.7 Å². The fraction of sp³-hybridized carbons (Fsp3) is 0.912. The summed E-state index contributed by atoms with van der Waals surface area (Å²) in [5, 5.41) is 15.1. The van der Waals surface area contributed by atoms with E-state index in [2.05, 4.69) is 24.5 Å². The third-order valence-corrected chi connectivity index (χ3v) is 7.89. The second kappa shape index (κ2) is 30.4. The van der Waals surface area contributed by atoms with Gasteiger partial charge in [-0.2, -0.15) is 0 Å². The SMILES string of the molecule is CCCCCCCCCCCCCC(=O)NCCCC[C@H](NC(=O)CCCCCCCCCCCCC)C(=O)O. The van der Waals surface area contributed by atoms with Crippen LogP contribution in [-0.4, -0.2) is 35.5 Å². The minimum Gasteiger partial charge on any atom is -0.480 e. The van der Waals surface area contributed by atoms with Crippen molar-refractivity contribution in [1.29, 1.82) is 0 Å². The van der Waals surface area contributed by atoms with Gasteiger partial charge in [0, 0.05) is 19.4 Å². The molecule has 0 saturated carbocycles. The van der Waals surface area contributed by atoms with Crippen LogP contribution in [0.1, 0.15) is 187 Å². The average Bonchev–Trinajstić information content (AvgIpc) is 2.93. The number of hydrogen-bond donors (Lipinski definition) is 3. The summed E-state index contributed by atoms with van der Waals surface area (Å²) in [6.45, 7) is 5.06. The van der Waals surface area contributed by atoms with Crippen molar-refractivity contribution < 1.29 is 19.5 Å². The van der Waals surface area contributed by atoms with Crippen molar-refractivity contribution >= 4 is 17.8 Å². The number of carbonyl (C=O) groups is 3. The Labute approximate surface area is 247 Å². The number of nitrogens with one attached hydrogen (secondary N) is 2. The summed E-state index contributed by atoms with van der Waals surface area (Å²) in [5.41, 5.74) is 0. The summed E-state index contributed by atoms with van der Waals surface area (Å²) in [5.74, 6) is -1.05. The summed E-state index contributed by atoms with van der Waals surface area (Å²) in [4.78, 5) is 35.8. The highest BCUT2D eigenvalue weighted by atomic mass is 16.4. The second-order valence-corrected chi connectivity index (χ2v) is 11.9. The first kappa shape index (κ1) is 38.4. The lowest BCUT2D eigenvalue weighted by molar-refractivity contribution is -0.142. The van der Waals surface area contributed by atoms with Gasteiger partial charge >= 0.3 is 5.97 Å². The first-order chi connectivity index (χ1) is 19.5. The predicted molar refractivity (Wildman–Crippen MR) is 169 cm³/mol. The highest BCUT2D eigenvalue weighted by molar-refractivity contribution is 5.83. The molecule has 0 unspecified atom stereocenters. The van der Waals surface area contributed by atoms with Crippen LogP contribution in [0.4, 0.5) is 0 Å². The van der Waals surface area contributed by atoms with Crippen molar-refractivity contribution in [2.45, 2.75) is 193 Å². The first-order valence-corrected chi connectivity index (χ1v) is 17.3. The summed E-state index contributed by atoms with van der Waals surface area (Å²) in [6, 6.07) is -0.841. The lowest BCUT2D eigenvalue weighted by Crippen LogP contribution is -2.40. The molecule has 236 valence electrons. The molecule has 40 heavy (non-hydrogen) atoms. The van der Waals surface area contributed by atoms with E-state index in [1.165, 1.54) is 109 Å². The van der Waals surface area contributed by atoms with Crippen LogP contribution in [0.3, 0.4) is 0 Å². The molecule has 0 spiro atoms. The van der Waals surface area contributed by atoms with Crippen molar-refractivity contribution in [3.8, 4) is 0 Å². The highest BCUT2D eigenvalue weighted by Gasteiger charge is 2.19. The Morgan fingerprint density at radius 1 is 0.500 bits per heavy atom. The normalized spacial score (nSPS) is 11.8. The number of carboxylic acid groups (broad SMARTS) is 1. The molecule has 0 saturated heterocycles. The van der Waals surface area contributed by atoms with Gasteiger partial charge in [0.15, 0.2) is 0 Å². The van der Waals surface area contributed by atoms with Crippen molar-refractivity contribution in [3.63, 3.8) is 0 Å². The molecule has 0 aliphatic heterocycles. The quantitative estimate of drug-likeness (QED) is 0.0729. The van der Waals surface area contributed by atoms with Crippen molar-refractivity contribution in [2.24, 2.45) is 0 Å². The molecule has 0 aromatic carbocycles. The monoisotopic (exact) mass is 567 g/mol. The summed E-state index contributed by atoms with van der Waals surface area (Å²) in [7, 11) is 0. The standard InChI is InChI=1S/C34H66N2O4/c1-3-5-7-9-11-13-15-17-19-21-23-28-32(37)35-30-26-25-27-31(34(39)40)36-33(38)29-24-22-20-18-16-14-12-10-8-6-4-2/h31H,3-30H2,1-2H3,(H,35,37)(H,36,38)(H,39,40)/t31-/m0/s1. The Kier molecular flexibility index (Phi) is 29.2. The molecule has 0 rings (SSSR count). The number of rotatable bonds is 31. The molecule has 0 aliphatic carbocycles. The number of carbonyl (C=O) groups excluding carboxylic acids is 2. The van der Waals surface area contributed by atoms with E-state index in [1.54, 1.807) is 0 Å². The molecule has 3 N–H and O–H groups in total. The van der Waals surface area contributed by atoms with Gasteiger partial charge in [0.25, 0.3) is 0 Å². The van der Waals surface area contributed by atoms with Gasteiger partial charge in [-0.15, -0.1) is 0 Å². The molecular weight excluding hydrogens is 500 g/mol. The molecule has 2 amide bonds. The Bertz CT molecular complexity index is 596. The Morgan fingerprint density at radius 2 is 0.875 bits per heavy atom. The molecule has 0 aromatic heterocycles. The number of unbranched alkanes of at least 4 members (excludes halogenated alkanes) is 21. The van der Waals surface area contributed by atoms with Gasteiger partial charge in [-0.25, -0.2) is 4.79 Å². The molecule has 0 bridgehead atoms. The topological polar surface area (TPSA) is 95.5 Å². The van der Waals surface area contributed by atoms with E-state index in [-0.39, 0.29) is 11.8 Å². The smallest absolute Gasteiger partial charge is 0.326 e. The number of amides is 2. The number of aliphatic carboxylic acids is 1. The fourth-order valence-corrected chi connectivity index (χ4v) is 5.21. The highest BCUT2D eigenvalue weighted by Crippen LogP contribution is 2.13. The van der Waals surface area contributed by atoms with E-state index in [0.717, 1.165) is 38.5 Å². The zero-order chi connectivity index (χ0) is 29.5. The van der Waals surface area contributed by atoms with Crippen LogP contribution < -0.4 is 10.6 Å². The predicted octanol–water partition coefficient (Wildman–Crippen LogP) is 9.24. The molecular formula is C34H66N2O4. The Balaban J connectivity index is 3.64. The van der Waals surface area contributed by atoms with Gasteiger partial charge in [-0.3, -0.25) is 9.59 Å².